The van der Waals surface area contributed by atoms with Crippen molar-refractivity contribution in [2.45, 2.75) is 0 Å². The fraction of sp³-hybridized carbons (Fsp3) is 0.200. The Morgan fingerprint density at radius 1 is 1.57 bits per heavy atom. The quantitative estimate of drug-likeness (QED) is 0.653. The summed E-state index contributed by atoms with van der Waals surface area (Å²) in [5.74, 6) is -0.229. The number of hydrogen-bond acceptors (Lipinski definition) is 3. The maximum atomic E-state index is 11.7. The van der Waals surface area contributed by atoms with E-state index >= 15 is 0 Å². The number of carbonyl (C=O) groups excluding carboxylic acids is 1. The zero-order valence-corrected chi connectivity index (χ0v) is 7.73. The summed E-state index contributed by atoms with van der Waals surface area (Å²) in [5, 5.41) is 0. The summed E-state index contributed by atoms with van der Waals surface area (Å²) in [6, 6.07) is 0. The average Bonchev–Trinajstić information content (AvgIpc) is 2.62. The number of nitrogens with zero attached hydrogens (tertiary/aromatic N) is 1. The van der Waals surface area contributed by atoms with Crippen molar-refractivity contribution in [3.63, 3.8) is 0 Å². The fourth-order valence-electron chi connectivity index (χ4n) is 1.55. The Hall–Kier alpha value is -1.68. The number of aliphatic imine (C=N–C) groups is 1. The van der Waals surface area contributed by atoms with Crippen molar-refractivity contribution in [3.05, 3.63) is 36.1 Å². The highest BCUT2D eigenvalue weighted by molar-refractivity contribution is 6.06. The van der Waals surface area contributed by atoms with Gasteiger partial charge < -0.3 is 0 Å². The zero-order chi connectivity index (χ0) is 10.0. The summed E-state index contributed by atoms with van der Waals surface area (Å²) in [5.41, 5.74) is 2.40. The summed E-state index contributed by atoms with van der Waals surface area (Å²) in [7, 11) is 1.41. The molecule has 1 aliphatic heterocycles. The Bertz CT molecular complexity index is 380. The maximum absolute atomic E-state index is 11.7. The van der Waals surface area contributed by atoms with Crippen molar-refractivity contribution >= 4 is 12.1 Å². The molecular formula is C10H10N2O2. The molecule has 4 nitrogen and oxygen atoms in total. The summed E-state index contributed by atoms with van der Waals surface area (Å²) < 4.78 is 0. The van der Waals surface area contributed by atoms with Gasteiger partial charge in [-0.2, -0.15) is 0 Å². The van der Waals surface area contributed by atoms with Gasteiger partial charge in [0.05, 0.1) is 7.11 Å². The van der Waals surface area contributed by atoms with Gasteiger partial charge in [0.1, 0.15) is 5.41 Å². The molecule has 1 N–H and O–H groups in total. The first-order chi connectivity index (χ1) is 6.79. The minimum Gasteiger partial charge on any atom is -0.277 e. The molecule has 2 aliphatic rings. The highest BCUT2D eigenvalue weighted by Crippen LogP contribution is 2.35. The van der Waals surface area contributed by atoms with Gasteiger partial charge in [0, 0.05) is 12.4 Å². The van der Waals surface area contributed by atoms with Crippen LogP contribution in [0.3, 0.4) is 0 Å². The molecule has 1 atom stereocenters. The first-order valence-electron chi connectivity index (χ1n) is 4.24. The predicted octanol–water partition coefficient (Wildman–Crippen LogP) is 0.745. The van der Waals surface area contributed by atoms with Crippen LogP contribution in [-0.2, 0) is 9.63 Å². The smallest absolute Gasteiger partial charge is 0.263 e. The van der Waals surface area contributed by atoms with Gasteiger partial charge in [-0.25, -0.2) is 5.48 Å². The van der Waals surface area contributed by atoms with Crippen LogP contribution in [0.5, 0.6) is 0 Å². The van der Waals surface area contributed by atoms with E-state index < -0.39 is 5.41 Å². The topological polar surface area (TPSA) is 50.7 Å². The van der Waals surface area contributed by atoms with Gasteiger partial charge in [0.15, 0.2) is 0 Å². The molecule has 1 unspecified atom stereocenters. The Morgan fingerprint density at radius 3 is 3.21 bits per heavy atom. The molecule has 1 heterocycles. The van der Waals surface area contributed by atoms with E-state index in [1.54, 1.807) is 18.5 Å². The van der Waals surface area contributed by atoms with E-state index in [1.165, 1.54) is 7.11 Å². The standard InChI is InChI=1S/C10H10N2O2/c1-14-12-9(13)10-5-3-2-4-8(10)6-11-7-10/h2-7H,1H3,(H,12,13). The number of amides is 1. The molecule has 1 amide bonds. The fourth-order valence-corrected chi connectivity index (χ4v) is 1.55. The van der Waals surface area contributed by atoms with Gasteiger partial charge in [-0.15, -0.1) is 0 Å². The largest absolute Gasteiger partial charge is 0.277 e. The molecule has 0 aromatic carbocycles. The van der Waals surface area contributed by atoms with Crippen LogP contribution in [0.4, 0.5) is 0 Å². The summed E-state index contributed by atoms with van der Waals surface area (Å²) >= 11 is 0. The molecule has 72 valence electrons. The molecule has 4 heteroatoms. The number of carbonyl (C=O) groups is 1. The third-order valence-electron chi connectivity index (χ3n) is 2.29. The lowest BCUT2D eigenvalue weighted by Gasteiger charge is -2.24. The van der Waals surface area contributed by atoms with Crippen molar-refractivity contribution in [1.29, 1.82) is 0 Å². The lowest BCUT2D eigenvalue weighted by Crippen LogP contribution is -2.40. The minimum atomic E-state index is -0.773. The highest BCUT2D eigenvalue weighted by atomic mass is 16.6. The van der Waals surface area contributed by atoms with E-state index in [4.69, 9.17) is 0 Å². The lowest BCUT2D eigenvalue weighted by atomic mass is 9.79. The van der Waals surface area contributed by atoms with Crippen LogP contribution >= 0.6 is 0 Å². The van der Waals surface area contributed by atoms with Crippen LogP contribution in [-0.4, -0.2) is 19.2 Å². The van der Waals surface area contributed by atoms with Crippen LogP contribution < -0.4 is 5.48 Å². The Balaban J connectivity index is 2.35. The molecule has 0 spiro atoms. The van der Waals surface area contributed by atoms with E-state index in [0.29, 0.717) is 0 Å². The normalized spacial score (nSPS) is 27.4. The van der Waals surface area contributed by atoms with Gasteiger partial charge >= 0.3 is 0 Å². The summed E-state index contributed by atoms with van der Waals surface area (Å²) in [6.45, 7) is 0. The molecule has 0 fully saturated rings. The van der Waals surface area contributed by atoms with E-state index in [-0.39, 0.29) is 5.91 Å². The van der Waals surface area contributed by atoms with Gasteiger partial charge in [0.25, 0.3) is 5.91 Å². The van der Waals surface area contributed by atoms with Crippen molar-refractivity contribution in [3.8, 4) is 0 Å². The number of rotatable bonds is 2. The molecular weight excluding hydrogens is 180 g/mol. The van der Waals surface area contributed by atoms with Crippen LogP contribution in [0, 0.1) is 5.41 Å². The predicted molar refractivity (Wildman–Crippen MR) is 52.4 cm³/mol. The SMILES string of the molecule is CONC(=O)C12C=CC=CC1=CN=C2. The van der Waals surface area contributed by atoms with Crippen molar-refractivity contribution < 1.29 is 9.63 Å². The third kappa shape index (κ3) is 1.12. The second kappa shape index (κ2) is 3.23. The Labute approximate surface area is 81.6 Å². The molecule has 1 aliphatic carbocycles. The van der Waals surface area contributed by atoms with Crippen LogP contribution in [0.25, 0.3) is 0 Å². The van der Waals surface area contributed by atoms with Crippen molar-refractivity contribution in [2.75, 3.05) is 7.11 Å². The molecule has 0 saturated heterocycles. The van der Waals surface area contributed by atoms with Crippen LogP contribution in [0.2, 0.25) is 0 Å². The highest BCUT2D eigenvalue weighted by Gasteiger charge is 2.40. The summed E-state index contributed by atoms with van der Waals surface area (Å²) in [4.78, 5) is 20.4. The van der Waals surface area contributed by atoms with E-state index in [2.05, 4.69) is 15.3 Å². The second-order valence-electron chi connectivity index (χ2n) is 3.09. The first kappa shape index (κ1) is 8.90. The van der Waals surface area contributed by atoms with Crippen molar-refractivity contribution in [1.82, 2.24) is 5.48 Å². The number of allylic oxidation sites excluding steroid dienone is 3. The summed E-state index contributed by atoms with van der Waals surface area (Å²) in [6.07, 6.45) is 10.6. The molecule has 0 aromatic rings. The third-order valence-corrected chi connectivity index (χ3v) is 2.29. The van der Waals surface area contributed by atoms with Crippen LogP contribution in [0.1, 0.15) is 0 Å². The number of hydrogen-bond donors (Lipinski definition) is 1. The zero-order valence-electron chi connectivity index (χ0n) is 7.73. The molecule has 0 radical (unpaired) electrons. The van der Waals surface area contributed by atoms with Gasteiger partial charge in [-0.05, 0) is 5.57 Å². The number of fused-ring (bicyclic) bond motifs is 1. The average molecular weight is 190 g/mol. The van der Waals surface area contributed by atoms with Gasteiger partial charge in [0.2, 0.25) is 0 Å². The molecule has 2 rings (SSSR count). The maximum Gasteiger partial charge on any atom is 0.263 e. The Morgan fingerprint density at radius 2 is 2.43 bits per heavy atom. The van der Waals surface area contributed by atoms with Crippen molar-refractivity contribution in [2.24, 2.45) is 10.4 Å². The minimum absolute atomic E-state index is 0.229. The van der Waals surface area contributed by atoms with Crippen LogP contribution in [0.15, 0.2) is 41.1 Å². The van der Waals surface area contributed by atoms with Gasteiger partial charge in [-0.1, -0.05) is 24.3 Å². The van der Waals surface area contributed by atoms with E-state index in [0.717, 1.165) is 5.57 Å². The van der Waals surface area contributed by atoms with Gasteiger partial charge in [-0.3, -0.25) is 14.6 Å². The van der Waals surface area contributed by atoms with E-state index in [9.17, 15) is 4.79 Å². The number of hydroxylamine groups is 1. The lowest BCUT2D eigenvalue weighted by molar-refractivity contribution is -0.134. The monoisotopic (exact) mass is 190 g/mol. The molecule has 0 bridgehead atoms. The molecule has 0 aromatic heterocycles. The Kier molecular flexibility index (Phi) is 2.05. The second-order valence-corrected chi connectivity index (χ2v) is 3.09. The number of nitrogens with one attached hydrogen (secondary N) is 1. The molecule has 0 saturated carbocycles. The molecule has 14 heavy (non-hydrogen) atoms. The first-order valence-corrected chi connectivity index (χ1v) is 4.24. The van der Waals surface area contributed by atoms with E-state index in [1.807, 2.05) is 18.2 Å².